The quantitative estimate of drug-likeness (QED) is 0.0294. The van der Waals surface area contributed by atoms with Gasteiger partial charge >= 0.3 is 0 Å². The van der Waals surface area contributed by atoms with Gasteiger partial charge in [-0.2, -0.15) is 0 Å². The normalized spacial score (nSPS) is 22.9. The second kappa shape index (κ2) is 32.1. The van der Waals surface area contributed by atoms with Gasteiger partial charge < -0.3 is 45.4 Å². The van der Waals surface area contributed by atoms with Crippen molar-refractivity contribution in [2.24, 2.45) is 0 Å². The Labute approximate surface area is 310 Å². The van der Waals surface area contributed by atoms with E-state index in [1.165, 1.54) is 96.3 Å². The highest BCUT2D eigenvalue weighted by Crippen LogP contribution is 2.22. The maximum absolute atomic E-state index is 13.0. The van der Waals surface area contributed by atoms with Crippen molar-refractivity contribution in [2.45, 2.75) is 217 Å². The third kappa shape index (κ3) is 23.1. The van der Waals surface area contributed by atoms with Gasteiger partial charge in [0.25, 0.3) is 0 Å². The zero-order valence-electron chi connectivity index (χ0n) is 32.2. The Morgan fingerprint density at radius 1 is 0.667 bits per heavy atom. The van der Waals surface area contributed by atoms with Crippen molar-refractivity contribution in [3.05, 3.63) is 24.3 Å². The van der Waals surface area contributed by atoms with Crippen LogP contribution < -0.4 is 5.32 Å². The Morgan fingerprint density at radius 3 is 1.71 bits per heavy atom. The largest absolute Gasteiger partial charge is 0.394 e. The van der Waals surface area contributed by atoms with Gasteiger partial charge in [-0.25, -0.2) is 0 Å². The molecule has 1 heterocycles. The van der Waals surface area contributed by atoms with Crippen LogP contribution >= 0.6 is 0 Å². The summed E-state index contributed by atoms with van der Waals surface area (Å²) >= 11 is 0. The van der Waals surface area contributed by atoms with E-state index in [9.17, 15) is 35.4 Å². The SMILES string of the molecule is CCCCCCCCC/C=C\CC/C=C/CC(O)C(COC1OC(CO)C(O)C(O)C1O)NC(=O)C(O)CCCCCCCCCCCCCC. The molecule has 0 saturated carbocycles. The van der Waals surface area contributed by atoms with E-state index in [1.807, 2.05) is 12.2 Å². The van der Waals surface area contributed by atoms with Gasteiger partial charge in [-0.1, -0.05) is 154 Å². The molecule has 10 heteroatoms. The maximum atomic E-state index is 13.0. The molecular formula is C41H77NO9. The molecule has 1 fully saturated rings. The first kappa shape index (κ1) is 47.7. The number of ether oxygens (including phenoxy) is 2. The number of rotatable bonds is 33. The number of nitrogens with one attached hydrogen (secondary N) is 1. The van der Waals surface area contributed by atoms with E-state index in [0.717, 1.165) is 44.9 Å². The highest BCUT2D eigenvalue weighted by Gasteiger charge is 2.44. The van der Waals surface area contributed by atoms with Gasteiger partial charge in [-0.15, -0.1) is 0 Å². The van der Waals surface area contributed by atoms with Crippen LogP contribution in [0.25, 0.3) is 0 Å². The molecule has 0 aliphatic carbocycles. The van der Waals surface area contributed by atoms with E-state index < -0.39 is 61.5 Å². The summed E-state index contributed by atoms with van der Waals surface area (Å²) in [5.41, 5.74) is 0. The fourth-order valence-electron chi connectivity index (χ4n) is 6.41. The van der Waals surface area contributed by atoms with Gasteiger partial charge in [0.2, 0.25) is 5.91 Å². The molecule has 0 aromatic carbocycles. The molecule has 300 valence electrons. The summed E-state index contributed by atoms with van der Waals surface area (Å²) in [7, 11) is 0. The van der Waals surface area contributed by atoms with E-state index in [2.05, 4.69) is 31.3 Å². The molecule has 0 aromatic rings. The number of hydrogen-bond acceptors (Lipinski definition) is 9. The van der Waals surface area contributed by atoms with Crippen molar-refractivity contribution in [2.75, 3.05) is 13.2 Å². The number of aliphatic hydroxyl groups excluding tert-OH is 6. The number of hydrogen-bond donors (Lipinski definition) is 7. The van der Waals surface area contributed by atoms with Crippen LogP contribution in [0.1, 0.15) is 168 Å². The predicted octanol–water partition coefficient (Wildman–Crippen LogP) is 6.52. The van der Waals surface area contributed by atoms with E-state index in [-0.39, 0.29) is 13.0 Å². The molecule has 8 atom stereocenters. The third-order valence-corrected chi connectivity index (χ3v) is 9.90. The van der Waals surface area contributed by atoms with Gasteiger partial charge in [0.15, 0.2) is 6.29 Å². The van der Waals surface area contributed by atoms with E-state index in [0.29, 0.717) is 6.42 Å². The van der Waals surface area contributed by atoms with Crippen molar-refractivity contribution in [1.29, 1.82) is 0 Å². The zero-order chi connectivity index (χ0) is 37.5. The van der Waals surface area contributed by atoms with Crippen LogP contribution in [0.2, 0.25) is 0 Å². The molecule has 10 nitrogen and oxygen atoms in total. The second-order valence-corrected chi connectivity index (χ2v) is 14.6. The molecule has 0 aromatic heterocycles. The lowest BCUT2D eigenvalue weighted by atomic mass is 9.99. The highest BCUT2D eigenvalue weighted by atomic mass is 16.7. The molecule has 0 bridgehead atoms. The highest BCUT2D eigenvalue weighted by molar-refractivity contribution is 5.80. The van der Waals surface area contributed by atoms with Crippen molar-refractivity contribution in [3.8, 4) is 0 Å². The summed E-state index contributed by atoms with van der Waals surface area (Å²) in [5, 5.41) is 64.4. The van der Waals surface area contributed by atoms with Crippen molar-refractivity contribution < 1.29 is 44.9 Å². The van der Waals surface area contributed by atoms with Crippen LogP contribution in [0.15, 0.2) is 24.3 Å². The molecule has 1 rings (SSSR count). The van der Waals surface area contributed by atoms with Crippen LogP contribution in [0.4, 0.5) is 0 Å². The lowest BCUT2D eigenvalue weighted by Gasteiger charge is -2.40. The van der Waals surface area contributed by atoms with Gasteiger partial charge in [0.1, 0.15) is 30.5 Å². The number of carbonyl (C=O) groups excluding carboxylic acids is 1. The zero-order valence-corrected chi connectivity index (χ0v) is 32.2. The summed E-state index contributed by atoms with van der Waals surface area (Å²) in [4.78, 5) is 13.0. The number of aliphatic hydroxyl groups is 6. The van der Waals surface area contributed by atoms with Crippen LogP contribution in [-0.2, 0) is 14.3 Å². The van der Waals surface area contributed by atoms with Gasteiger partial charge in [-0.3, -0.25) is 4.79 Å². The number of carbonyl (C=O) groups is 1. The molecule has 1 aliphatic heterocycles. The lowest BCUT2D eigenvalue weighted by Crippen LogP contribution is -2.60. The van der Waals surface area contributed by atoms with Gasteiger partial charge in [0.05, 0.1) is 25.4 Å². The number of unbranched alkanes of at least 4 members (excludes halogenated alkanes) is 19. The Morgan fingerprint density at radius 2 is 1.16 bits per heavy atom. The van der Waals surface area contributed by atoms with Crippen molar-refractivity contribution in [3.63, 3.8) is 0 Å². The van der Waals surface area contributed by atoms with Crippen LogP contribution in [-0.4, -0.2) is 98.7 Å². The first-order valence-electron chi connectivity index (χ1n) is 20.6. The standard InChI is InChI=1S/C41H77NO9/c1-3-5-7-9-11-13-15-17-18-20-21-23-25-27-29-34(44)33(32-50-41-39(48)38(47)37(46)36(31-43)51-41)42-40(49)35(45)30-28-26-24-22-19-16-14-12-10-8-6-4-2/h18,20,25,27,33-39,41,43-48H,3-17,19,21-24,26,28-32H2,1-2H3,(H,42,49)/b20-18-,27-25+. The average molecular weight is 728 g/mol. The monoisotopic (exact) mass is 728 g/mol. The van der Waals surface area contributed by atoms with Crippen LogP contribution in [0.3, 0.4) is 0 Å². The molecule has 0 radical (unpaired) electrons. The lowest BCUT2D eigenvalue weighted by molar-refractivity contribution is -0.302. The Balaban J connectivity index is 2.52. The summed E-state index contributed by atoms with van der Waals surface area (Å²) in [6.07, 6.45) is 25.3. The summed E-state index contributed by atoms with van der Waals surface area (Å²) in [5.74, 6) is -0.616. The molecule has 51 heavy (non-hydrogen) atoms. The topological polar surface area (TPSA) is 169 Å². The van der Waals surface area contributed by atoms with Crippen LogP contribution in [0.5, 0.6) is 0 Å². The Kier molecular flexibility index (Phi) is 30.0. The molecule has 1 saturated heterocycles. The van der Waals surface area contributed by atoms with E-state index in [4.69, 9.17) is 9.47 Å². The Hall–Kier alpha value is -1.37. The fourth-order valence-corrected chi connectivity index (χ4v) is 6.41. The number of allylic oxidation sites excluding steroid dienone is 3. The number of amides is 1. The third-order valence-electron chi connectivity index (χ3n) is 9.90. The smallest absolute Gasteiger partial charge is 0.249 e. The summed E-state index contributed by atoms with van der Waals surface area (Å²) in [6.45, 7) is 3.57. The molecular weight excluding hydrogens is 650 g/mol. The fraction of sp³-hybridized carbons (Fsp3) is 0.878. The minimum Gasteiger partial charge on any atom is -0.394 e. The van der Waals surface area contributed by atoms with Gasteiger partial charge in [0, 0.05) is 0 Å². The predicted molar refractivity (Wildman–Crippen MR) is 204 cm³/mol. The minimum atomic E-state index is -1.61. The minimum absolute atomic E-state index is 0.222. The molecule has 0 spiro atoms. The summed E-state index contributed by atoms with van der Waals surface area (Å²) < 4.78 is 11.1. The average Bonchev–Trinajstić information content (AvgIpc) is 3.13. The first-order valence-corrected chi connectivity index (χ1v) is 20.6. The van der Waals surface area contributed by atoms with E-state index >= 15 is 0 Å². The first-order chi connectivity index (χ1) is 24.8. The van der Waals surface area contributed by atoms with Crippen molar-refractivity contribution in [1.82, 2.24) is 5.32 Å². The van der Waals surface area contributed by atoms with Gasteiger partial charge in [-0.05, 0) is 38.5 Å². The van der Waals surface area contributed by atoms with Crippen molar-refractivity contribution >= 4 is 5.91 Å². The van der Waals surface area contributed by atoms with E-state index in [1.54, 1.807) is 0 Å². The second-order valence-electron chi connectivity index (χ2n) is 14.6. The molecule has 1 amide bonds. The molecule has 1 aliphatic rings. The summed E-state index contributed by atoms with van der Waals surface area (Å²) in [6, 6.07) is -0.951. The molecule has 8 unspecified atom stereocenters. The Bertz CT molecular complexity index is 870. The maximum Gasteiger partial charge on any atom is 0.249 e. The van der Waals surface area contributed by atoms with Crippen LogP contribution in [0, 0.1) is 0 Å². The molecule has 7 N–H and O–H groups in total.